The summed E-state index contributed by atoms with van der Waals surface area (Å²) < 4.78 is 20.7. The third-order valence-electron chi connectivity index (χ3n) is 7.06. The first-order chi connectivity index (χ1) is 21.9. The molecule has 5 aromatic rings. The Labute approximate surface area is 271 Å². The van der Waals surface area contributed by atoms with Crippen LogP contribution in [-0.4, -0.2) is 50.2 Å². The van der Waals surface area contributed by atoms with E-state index in [2.05, 4.69) is 15.5 Å². The first kappa shape index (κ1) is 30.5. The van der Waals surface area contributed by atoms with Crippen molar-refractivity contribution in [1.29, 1.82) is 0 Å². The molecule has 0 radical (unpaired) electrons. The van der Waals surface area contributed by atoms with Gasteiger partial charge in [-0.25, -0.2) is 9.40 Å². The van der Waals surface area contributed by atoms with Gasteiger partial charge in [0.2, 0.25) is 0 Å². The fraction of sp³-hybridized carbons (Fsp3) is 0.156. The van der Waals surface area contributed by atoms with E-state index < -0.39 is 11.7 Å². The molecule has 2 amide bonds. The SMILES string of the molecule is COc1ccc(C2CC(c3cccs3)=NN2C(=O)CSc2nnc(CNC(=O)c3cccc(F)c3)n2-c2cccc(Cl)c2)cc1. The summed E-state index contributed by atoms with van der Waals surface area (Å²) >= 11 is 9.09. The number of hydrogen-bond donors (Lipinski definition) is 1. The quantitative estimate of drug-likeness (QED) is 0.171. The lowest BCUT2D eigenvalue weighted by Gasteiger charge is -2.22. The third-order valence-corrected chi connectivity index (χ3v) is 9.13. The molecule has 3 heterocycles. The number of rotatable bonds is 10. The number of carbonyl (C=O) groups is 2. The first-order valence-corrected chi connectivity index (χ1v) is 16.1. The molecule has 1 N–H and O–H groups in total. The van der Waals surface area contributed by atoms with Gasteiger partial charge in [-0.2, -0.15) is 5.10 Å². The van der Waals surface area contributed by atoms with Crippen molar-refractivity contribution in [2.75, 3.05) is 12.9 Å². The van der Waals surface area contributed by atoms with E-state index in [0.29, 0.717) is 28.1 Å². The van der Waals surface area contributed by atoms with Crippen LogP contribution in [0.2, 0.25) is 5.02 Å². The van der Waals surface area contributed by atoms with E-state index >= 15 is 0 Å². The van der Waals surface area contributed by atoms with Crippen molar-refractivity contribution >= 4 is 52.2 Å². The Morgan fingerprint density at radius 1 is 1.07 bits per heavy atom. The molecule has 0 bridgehead atoms. The molecule has 228 valence electrons. The van der Waals surface area contributed by atoms with Gasteiger partial charge in [-0.3, -0.25) is 14.2 Å². The predicted octanol–water partition coefficient (Wildman–Crippen LogP) is 6.53. The molecule has 0 saturated heterocycles. The maximum absolute atomic E-state index is 13.8. The third kappa shape index (κ3) is 6.93. The molecule has 1 atom stereocenters. The average Bonchev–Trinajstić information content (AvgIpc) is 3.83. The molecular weight excluding hydrogens is 635 g/mol. The summed E-state index contributed by atoms with van der Waals surface area (Å²) in [6.45, 7) is 0.00347. The van der Waals surface area contributed by atoms with Gasteiger partial charge in [-0.1, -0.05) is 53.7 Å². The van der Waals surface area contributed by atoms with Crippen LogP contribution in [0.3, 0.4) is 0 Å². The largest absolute Gasteiger partial charge is 0.497 e. The number of thioether (sulfide) groups is 1. The number of benzene rings is 3. The number of ether oxygens (including phenoxy) is 1. The molecule has 0 fully saturated rings. The monoisotopic (exact) mass is 660 g/mol. The molecule has 6 rings (SSSR count). The van der Waals surface area contributed by atoms with Gasteiger partial charge in [0.25, 0.3) is 11.8 Å². The highest BCUT2D eigenvalue weighted by molar-refractivity contribution is 7.99. The first-order valence-electron chi connectivity index (χ1n) is 13.8. The van der Waals surface area contributed by atoms with E-state index in [4.69, 9.17) is 21.4 Å². The predicted molar refractivity (Wildman–Crippen MR) is 173 cm³/mol. The Morgan fingerprint density at radius 3 is 2.62 bits per heavy atom. The second kappa shape index (κ2) is 13.6. The number of amides is 2. The van der Waals surface area contributed by atoms with Crippen LogP contribution in [0.25, 0.3) is 5.69 Å². The highest BCUT2D eigenvalue weighted by atomic mass is 35.5. The molecular formula is C32H26ClFN6O3S2. The number of methoxy groups -OCH3 is 1. The topological polar surface area (TPSA) is 102 Å². The van der Waals surface area contributed by atoms with Crippen LogP contribution in [0.5, 0.6) is 5.75 Å². The summed E-state index contributed by atoms with van der Waals surface area (Å²) in [6, 6.07) is 23.9. The van der Waals surface area contributed by atoms with Crippen molar-refractivity contribution in [3.05, 3.63) is 123 Å². The van der Waals surface area contributed by atoms with Gasteiger partial charge in [0.05, 0.1) is 41.7 Å². The van der Waals surface area contributed by atoms with E-state index in [0.717, 1.165) is 28.0 Å². The van der Waals surface area contributed by atoms with E-state index in [1.807, 2.05) is 47.8 Å². The lowest BCUT2D eigenvalue weighted by Crippen LogP contribution is -2.28. The van der Waals surface area contributed by atoms with Crippen LogP contribution in [0.1, 0.15) is 39.1 Å². The number of carbonyl (C=O) groups excluding carboxylic acids is 2. The minimum absolute atomic E-state index is 0.00347. The molecule has 3 aromatic carbocycles. The van der Waals surface area contributed by atoms with Gasteiger partial charge in [-0.15, -0.1) is 21.5 Å². The molecule has 2 aromatic heterocycles. The molecule has 13 heteroatoms. The maximum Gasteiger partial charge on any atom is 0.253 e. The van der Waals surface area contributed by atoms with E-state index in [1.54, 1.807) is 46.2 Å². The molecule has 1 aliphatic heterocycles. The summed E-state index contributed by atoms with van der Waals surface area (Å²) in [5.41, 5.74) is 2.64. The minimum atomic E-state index is -0.507. The molecule has 1 unspecified atom stereocenters. The summed E-state index contributed by atoms with van der Waals surface area (Å²) in [5, 5.41) is 20.6. The van der Waals surface area contributed by atoms with Gasteiger partial charge in [0.15, 0.2) is 11.0 Å². The van der Waals surface area contributed by atoms with Crippen LogP contribution in [-0.2, 0) is 11.3 Å². The number of hydrogen-bond acceptors (Lipinski definition) is 8. The number of nitrogens with one attached hydrogen (secondary N) is 1. The average molecular weight is 661 g/mol. The normalized spacial score (nSPS) is 14.3. The number of nitrogens with zero attached hydrogens (tertiary/aromatic N) is 5. The molecule has 0 spiro atoms. The summed E-state index contributed by atoms with van der Waals surface area (Å²) in [4.78, 5) is 27.5. The summed E-state index contributed by atoms with van der Waals surface area (Å²) in [6.07, 6.45) is 0.580. The van der Waals surface area contributed by atoms with Crippen molar-refractivity contribution in [2.24, 2.45) is 5.10 Å². The fourth-order valence-corrected chi connectivity index (χ4v) is 6.61. The second-order valence-corrected chi connectivity index (χ2v) is 12.3. The summed E-state index contributed by atoms with van der Waals surface area (Å²) in [7, 11) is 1.61. The Bertz CT molecular complexity index is 1860. The number of hydrazone groups is 1. The zero-order valence-corrected chi connectivity index (χ0v) is 26.3. The second-order valence-electron chi connectivity index (χ2n) is 9.95. The van der Waals surface area contributed by atoms with Crippen molar-refractivity contribution in [2.45, 2.75) is 24.2 Å². The van der Waals surface area contributed by atoms with Crippen LogP contribution in [0, 0.1) is 5.82 Å². The Hall–Kier alpha value is -4.52. The van der Waals surface area contributed by atoms with Crippen LogP contribution in [0.4, 0.5) is 4.39 Å². The fourth-order valence-electron chi connectivity index (χ4n) is 4.88. The molecule has 0 saturated carbocycles. The number of thiophene rings is 1. The van der Waals surface area contributed by atoms with E-state index in [1.165, 1.54) is 30.0 Å². The van der Waals surface area contributed by atoms with Gasteiger partial charge in [0, 0.05) is 17.0 Å². The van der Waals surface area contributed by atoms with Gasteiger partial charge >= 0.3 is 0 Å². The Kier molecular flexibility index (Phi) is 9.24. The minimum Gasteiger partial charge on any atom is -0.497 e. The molecule has 9 nitrogen and oxygen atoms in total. The van der Waals surface area contributed by atoms with Crippen molar-refractivity contribution in [3.8, 4) is 11.4 Å². The van der Waals surface area contributed by atoms with Gasteiger partial charge in [-0.05, 0) is 65.5 Å². The Morgan fingerprint density at radius 2 is 1.89 bits per heavy atom. The van der Waals surface area contributed by atoms with Crippen LogP contribution in [0.15, 0.2) is 101 Å². The standard InChI is InChI=1S/C32H26ClFN6O3S2/c1-43-25-12-10-20(11-13-25)27-17-26(28-9-4-14-44-28)38-40(27)30(41)19-45-32-37-36-29(39(32)24-8-3-6-22(33)16-24)18-35-31(42)21-5-2-7-23(34)15-21/h2-16,27H,17-19H2,1H3,(H,35,42). The molecule has 45 heavy (non-hydrogen) atoms. The summed E-state index contributed by atoms with van der Waals surface area (Å²) in [5.74, 6) is 0.00109. The zero-order valence-electron chi connectivity index (χ0n) is 23.9. The lowest BCUT2D eigenvalue weighted by molar-refractivity contribution is -0.130. The highest BCUT2D eigenvalue weighted by Gasteiger charge is 2.33. The Balaban J connectivity index is 1.24. The molecule has 0 aliphatic carbocycles. The molecule has 1 aliphatic rings. The number of halogens is 2. The van der Waals surface area contributed by atoms with E-state index in [9.17, 15) is 14.0 Å². The smallest absolute Gasteiger partial charge is 0.253 e. The highest BCUT2D eigenvalue weighted by Crippen LogP contribution is 2.35. The zero-order chi connectivity index (χ0) is 31.3. The number of aromatic nitrogens is 3. The van der Waals surface area contributed by atoms with Crippen molar-refractivity contribution in [1.82, 2.24) is 25.1 Å². The van der Waals surface area contributed by atoms with Gasteiger partial charge < -0.3 is 10.1 Å². The van der Waals surface area contributed by atoms with E-state index in [-0.39, 0.29) is 29.8 Å². The van der Waals surface area contributed by atoms with Crippen molar-refractivity contribution < 1.29 is 18.7 Å². The van der Waals surface area contributed by atoms with Crippen LogP contribution >= 0.6 is 34.7 Å². The van der Waals surface area contributed by atoms with Gasteiger partial charge in [0.1, 0.15) is 11.6 Å². The van der Waals surface area contributed by atoms with Crippen LogP contribution < -0.4 is 10.1 Å². The maximum atomic E-state index is 13.8. The van der Waals surface area contributed by atoms with Crippen molar-refractivity contribution in [3.63, 3.8) is 0 Å². The lowest BCUT2D eigenvalue weighted by atomic mass is 10.0.